The molecule has 0 radical (unpaired) electrons. The van der Waals surface area contributed by atoms with Crippen molar-refractivity contribution >= 4 is 39.9 Å². The smallest absolute Gasteiger partial charge is 0.407 e. The second-order valence-electron chi connectivity index (χ2n) is 14.6. The molecule has 1 aromatic carbocycles. The average molecular weight is 709 g/mol. The predicted molar refractivity (Wildman–Crippen MR) is 182 cm³/mol. The summed E-state index contributed by atoms with van der Waals surface area (Å²) in [5.74, 6) is -2.74. The van der Waals surface area contributed by atoms with Crippen molar-refractivity contribution in [2.75, 3.05) is 13.2 Å². The van der Waals surface area contributed by atoms with Crippen molar-refractivity contribution in [3.8, 4) is 5.69 Å². The molecule has 6 rings (SSSR count). The average Bonchev–Trinajstić information content (AvgIpc) is 3.94. The molecular formula is C34H44N8O7S. The van der Waals surface area contributed by atoms with E-state index in [-0.39, 0.29) is 26.0 Å². The van der Waals surface area contributed by atoms with Crippen LogP contribution in [0, 0.1) is 11.3 Å². The quantitative estimate of drug-likeness (QED) is 0.375. The highest BCUT2D eigenvalue weighted by atomic mass is 32.2. The lowest BCUT2D eigenvalue weighted by Gasteiger charge is -2.35. The number of ether oxygens (including phenoxy) is 1. The summed E-state index contributed by atoms with van der Waals surface area (Å²) < 4.78 is 32.9. The fourth-order valence-electron chi connectivity index (χ4n) is 6.51. The van der Waals surface area contributed by atoms with Crippen LogP contribution in [0.5, 0.6) is 0 Å². The van der Waals surface area contributed by atoms with E-state index in [0.29, 0.717) is 30.8 Å². The molecule has 0 unspecified atom stereocenters. The lowest BCUT2D eigenvalue weighted by molar-refractivity contribution is -0.142. The van der Waals surface area contributed by atoms with Crippen molar-refractivity contribution in [2.24, 2.45) is 11.3 Å². The van der Waals surface area contributed by atoms with Gasteiger partial charge in [-0.3, -0.25) is 19.1 Å². The van der Waals surface area contributed by atoms with Crippen molar-refractivity contribution in [2.45, 2.75) is 94.5 Å². The minimum Gasteiger partial charge on any atom is -0.450 e. The number of hydrogen-bond acceptors (Lipinski definition) is 10. The summed E-state index contributed by atoms with van der Waals surface area (Å²) in [6.45, 7) is 9.34. The number of fused-ring (bicyclic) bond motifs is 8. The van der Waals surface area contributed by atoms with Gasteiger partial charge in [-0.2, -0.15) is 0 Å². The molecule has 3 heterocycles. The first-order valence-corrected chi connectivity index (χ1v) is 18.6. The summed E-state index contributed by atoms with van der Waals surface area (Å²) in [6.07, 6.45) is 8.14. The Kier molecular flexibility index (Phi) is 9.59. The Balaban J connectivity index is 1.32. The first kappa shape index (κ1) is 35.2. The summed E-state index contributed by atoms with van der Waals surface area (Å²) in [6, 6.07) is 5.42. The van der Waals surface area contributed by atoms with Crippen molar-refractivity contribution in [3.05, 3.63) is 54.4 Å². The van der Waals surface area contributed by atoms with Gasteiger partial charge in [0.1, 0.15) is 17.6 Å². The van der Waals surface area contributed by atoms with Crippen LogP contribution >= 0.6 is 0 Å². The van der Waals surface area contributed by atoms with E-state index >= 15 is 0 Å². The van der Waals surface area contributed by atoms with Gasteiger partial charge in [-0.15, -0.1) is 21.6 Å². The van der Waals surface area contributed by atoms with Crippen LogP contribution in [0.2, 0.25) is 0 Å². The Morgan fingerprint density at radius 3 is 2.66 bits per heavy atom. The number of amides is 4. The van der Waals surface area contributed by atoms with Gasteiger partial charge in [-0.25, -0.2) is 13.2 Å². The number of carbonyl (C=O) groups excluding carboxylic acids is 4. The van der Waals surface area contributed by atoms with Crippen LogP contribution in [0.3, 0.4) is 0 Å². The summed E-state index contributed by atoms with van der Waals surface area (Å²) in [5, 5.41) is 18.1. The molecule has 15 nitrogen and oxygen atoms in total. The van der Waals surface area contributed by atoms with Crippen LogP contribution in [0.15, 0.2) is 43.0 Å². The molecule has 2 aliphatic carbocycles. The third-order valence-electron chi connectivity index (χ3n) is 9.71. The number of sulfonamides is 1. The summed E-state index contributed by atoms with van der Waals surface area (Å²) in [4.78, 5) is 57.7. The van der Waals surface area contributed by atoms with Crippen molar-refractivity contribution in [1.82, 2.24) is 40.5 Å². The zero-order valence-electron chi connectivity index (χ0n) is 28.5. The molecule has 4 aliphatic rings. The largest absolute Gasteiger partial charge is 0.450 e. The number of tetrazole rings is 1. The molecule has 5 atom stereocenters. The second kappa shape index (κ2) is 13.6. The molecule has 1 saturated heterocycles. The lowest BCUT2D eigenvalue weighted by atomic mass is 9.85. The number of hydrogen-bond donors (Lipinski definition) is 3. The van der Waals surface area contributed by atoms with Crippen LogP contribution in [-0.4, -0.2) is 93.4 Å². The zero-order chi connectivity index (χ0) is 35.8. The van der Waals surface area contributed by atoms with Crippen LogP contribution < -0.4 is 15.4 Å². The SMILES string of the molecule is C=C[C@@H]1C[C@]1(NC(=O)[C@@H]1C[C@@H]2CN1C(=O)[C@H](C(C)(C)C)NC(=O)OCCCC/C=C/c1cccc(c1)-n1nnc2n1)C(=O)NS(=O)(=O)C1CC1. The number of allylic oxidation sites excluding steroid dienone is 1. The highest BCUT2D eigenvalue weighted by molar-refractivity contribution is 7.91. The maximum atomic E-state index is 14.4. The highest BCUT2D eigenvalue weighted by Gasteiger charge is 2.62. The predicted octanol–water partition coefficient (Wildman–Crippen LogP) is 2.35. The Morgan fingerprint density at radius 1 is 1.18 bits per heavy atom. The molecule has 16 heteroatoms. The molecule has 2 aromatic rings. The van der Waals surface area contributed by atoms with Crippen molar-refractivity contribution in [3.63, 3.8) is 0 Å². The van der Waals surface area contributed by atoms with E-state index < -0.39 is 74.0 Å². The molecular weight excluding hydrogens is 664 g/mol. The van der Waals surface area contributed by atoms with Crippen LogP contribution in [0.25, 0.3) is 11.8 Å². The Morgan fingerprint density at radius 2 is 1.96 bits per heavy atom. The minimum absolute atomic E-state index is 0.0227. The van der Waals surface area contributed by atoms with E-state index in [2.05, 4.69) is 37.3 Å². The molecule has 3 fully saturated rings. The molecule has 50 heavy (non-hydrogen) atoms. The number of carbonyl (C=O) groups is 4. The lowest BCUT2D eigenvalue weighted by Crippen LogP contribution is -2.60. The van der Waals surface area contributed by atoms with Gasteiger partial charge in [0.25, 0.3) is 5.91 Å². The van der Waals surface area contributed by atoms with Crippen LogP contribution in [-0.2, 0) is 29.1 Å². The van der Waals surface area contributed by atoms with E-state index in [1.165, 1.54) is 15.8 Å². The van der Waals surface area contributed by atoms with Crippen molar-refractivity contribution < 1.29 is 32.3 Å². The standard InChI is InChI=1S/C34H44N8O7S/c1-5-23-19-34(23,31(45)39-50(47,48)25-14-15-25)36-29(43)26-18-22-20-41(26)30(44)27(33(2,3)4)35-32(46)49-16-9-7-6-8-11-21-12-10-13-24(17-21)42-38-28(22)37-40-42/h5,8,10-13,17,22-23,25-27H,1,6-7,9,14-16,18-20H2,2-4H3,(H,35,46)(H,36,43)(H,39,45)/b11-8+/t22-,23-,26+,27-,34-/m1/s1. The monoisotopic (exact) mass is 708 g/mol. The van der Waals surface area contributed by atoms with Crippen LogP contribution in [0.4, 0.5) is 4.79 Å². The van der Waals surface area contributed by atoms with Gasteiger partial charge in [-0.1, -0.05) is 51.1 Å². The Labute approximate surface area is 291 Å². The first-order chi connectivity index (χ1) is 23.7. The summed E-state index contributed by atoms with van der Waals surface area (Å²) in [5.41, 5.74) is -0.701. The molecule has 6 bridgehead atoms. The van der Waals surface area contributed by atoms with Gasteiger partial charge < -0.3 is 20.3 Å². The topological polar surface area (TPSA) is 195 Å². The highest BCUT2D eigenvalue weighted by Crippen LogP contribution is 2.46. The van der Waals surface area contributed by atoms with Crippen LogP contribution in [0.1, 0.15) is 83.0 Å². The number of nitrogens with one attached hydrogen (secondary N) is 3. The maximum absolute atomic E-state index is 14.4. The fraction of sp³-hybridized carbons (Fsp3) is 0.559. The number of cyclic esters (lactones) is 1. The van der Waals surface area contributed by atoms with Gasteiger partial charge >= 0.3 is 6.09 Å². The summed E-state index contributed by atoms with van der Waals surface area (Å²) >= 11 is 0. The van der Waals surface area contributed by atoms with E-state index in [9.17, 15) is 27.6 Å². The third-order valence-corrected chi connectivity index (χ3v) is 11.5. The number of aromatic nitrogens is 4. The van der Waals surface area contributed by atoms with E-state index in [1.54, 1.807) is 20.8 Å². The maximum Gasteiger partial charge on any atom is 0.407 e. The molecule has 4 amide bonds. The Hall–Kier alpha value is -4.60. The normalized spacial score (nSPS) is 28.1. The number of rotatable bonds is 6. The molecule has 268 valence electrons. The number of nitrogens with zero attached hydrogens (tertiary/aromatic N) is 5. The van der Waals surface area contributed by atoms with Crippen molar-refractivity contribution in [1.29, 1.82) is 0 Å². The summed E-state index contributed by atoms with van der Waals surface area (Å²) in [7, 11) is -3.89. The number of benzene rings is 1. The molecule has 3 N–H and O–H groups in total. The van der Waals surface area contributed by atoms with Gasteiger partial charge in [0.05, 0.1) is 17.5 Å². The molecule has 2 aliphatic heterocycles. The van der Waals surface area contributed by atoms with E-state index in [1.807, 2.05) is 36.4 Å². The zero-order valence-corrected chi connectivity index (χ0v) is 29.3. The van der Waals surface area contributed by atoms with E-state index in [4.69, 9.17) is 4.74 Å². The third kappa shape index (κ3) is 7.44. The minimum atomic E-state index is -3.89. The first-order valence-electron chi connectivity index (χ1n) is 17.0. The molecule has 2 saturated carbocycles. The van der Waals surface area contributed by atoms with Gasteiger partial charge in [0.15, 0.2) is 5.82 Å². The number of alkyl carbamates (subject to hydrolysis) is 1. The second-order valence-corrected chi connectivity index (χ2v) is 16.6. The Bertz CT molecular complexity index is 1810. The van der Waals surface area contributed by atoms with Gasteiger partial charge in [0, 0.05) is 18.4 Å². The van der Waals surface area contributed by atoms with Gasteiger partial charge in [0.2, 0.25) is 21.8 Å². The molecule has 1 aromatic heterocycles. The van der Waals surface area contributed by atoms with E-state index in [0.717, 1.165) is 18.4 Å². The fourth-order valence-corrected chi connectivity index (χ4v) is 7.87. The van der Waals surface area contributed by atoms with Gasteiger partial charge in [-0.05, 0) is 73.3 Å². The molecule has 0 spiro atoms.